The third-order valence-electron chi connectivity index (χ3n) is 8.92. The third-order valence-corrected chi connectivity index (χ3v) is 10.9. The van der Waals surface area contributed by atoms with Crippen LogP contribution in [0.3, 0.4) is 0 Å². The third kappa shape index (κ3) is 4.44. The Bertz CT molecular complexity index is 2040. The summed E-state index contributed by atoms with van der Waals surface area (Å²) in [6, 6.07) is 0. The molecule has 46 heavy (non-hydrogen) atoms. The molecule has 11 atom stereocenters. The number of fused-ring (bicyclic) bond motifs is 8. The molecule has 4 fully saturated rings. The lowest BCUT2D eigenvalue weighted by Gasteiger charge is -2.30. The van der Waals surface area contributed by atoms with E-state index in [9.17, 15) is 28.8 Å². The smallest absolute Gasteiger partial charge is 0.390 e. The van der Waals surface area contributed by atoms with Crippen molar-refractivity contribution in [2.45, 2.75) is 48.8 Å². The molecule has 0 amide bonds. The van der Waals surface area contributed by atoms with E-state index in [2.05, 4.69) is 29.9 Å². The van der Waals surface area contributed by atoms with Gasteiger partial charge in [-0.15, -0.1) is 0 Å². The Balaban J connectivity index is 1.14. The second-order valence-electron chi connectivity index (χ2n) is 11.4. The minimum Gasteiger partial charge on any atom is -0.390 e. The normalized spacial score (nSPS) is 41.0. The SMILES string of the molecule is Nc1nc2c(ncn2[C@@]23C[C@H]2[C@@H]2COP(=O)(O)O[C@H]4[C@@H](F)[C@H](n5cnc6c(N)ncnc65)O[C@@H]4COP(=O)(O)O[C@@H]3[C@@H]2O)c(=O)[nH]1. The molecule has 246 valence electrons. The molecule has 4 aromatic rings. The maximum absolute atomic E-state index is 16.0. The summed E-state index contributed by atoms with van der Waals surface area (Å²) in [7, 11) is -10.2. The van der Waals surface area contributed by atoms with Crippen molar-refractivity contribution < 1.29 is 51.2 Å². The van der Waals surface area contributed by atoms with Gasteiger partial charge in [-0.1, -0.05) is 0 Å². The van der Waals surface area contributed by atoms with Gasteiger partial charge in [0.2, 0.25) is 5.95 Å². The molecule has 8 N–H and O–H groups in total. The Morgan fingerprint density at radius 2 is 1.76 bits per heavy atom. The number of hydrogen-bond donors (Lipinski definition) is 6. The Hall–Kier alpha value is -3.43. The van der Waals surface area contributed by atoms with Gasteiger partial charge in [-0.05, 0) is 12.3 Å². The summed E-state index contributed by atoms with van der Waals surface area (Å²) in [5.41, 5.74) is 9.75. The Kier molecular flexibility index (Phi) is 6.53. The number of hydrogen-bond acceptors (Lipinski definition) is 16. The molecule has 2 unspecified atom stereocenters. The number of nitrogens with one attached hydrogen (secondary N) is 1. The van der Waals surface area contributed by atoms with Crippen molar-refractivity contribution in [3.05, 3.63) is 29.3 Å². The summed E-state index contributed by atoms with van der Waals surface area (Å²) in [6.07, 6.45) is -6.47. The number of aromatic nitrogens is 8. The van der Waals surface area contributed by atoms with Gasteiger partial charge in [-0.2, -0.15) is 4.98 Å². The van der Waals surface area contributed by atoms with Crippen LogP contribution in [0.25, 0.3) is 22.3 Å². The quantitative estimate of drug-likeness (QED) is 0.139. The maximum atomic E-state index is 16.0. The van der Waals surface area contributed by atoms with E-state index in [4.69, 9.17) is 34.3 Å². The molecule has 2 aliphatic carbocycles. The average Bonchev–Trinajstić information content (AvgIpc) is 3.26. The number of alkyl halides is 1. The van der Waals surface area contributed by atoms with E-state index in [1.54, 1.807) is 0 Å². The number of nitrogen functional groups attached to an aromatic ring is 2. The van der Waals surface area contributed by atoms with Gasteiger partial charge in [0, 0.05) is 5.92 Å². The molecule has 24 heteroatoms. The second-order valence-corrected chi connectivity index (χ2v) is 14.2. The summed E-state index contributed by atoms with van der Waals surface area (Å²) >= 11 is 0. The molecule has 6 heterocycles. The van der Waals surface area contributed by atoms with Crippen LogP contribution in [0.5, 0.6) is 0 Å². The highest BCUT2D eigenvalue weighted by Gasteiger charge is 2.74. The maximum Gasteiger partial charge on any atom is 0.472 e. The lowest BCUT2D eigenvalue weighted by Crippen LogP contribution is -2.41. The fourth-order valence-electron chi connectivity index (χ4n) is 6.85. The standard InChI is InChI=1S/C22H25FN10O11P2/c23-10-14-9(42-20(10)32-5-28-11-16(24)26-4-27-17(11)32)3-41-46(38,39)44-15-13(34)7(2-40-45(36,37)43-14)8-1-22(8,15)33-6-29-12-18(33)30-21(25)31-19(12)35/h4-10,13-15,20,34H,1-3H2,(H,36,37)(H,38,39)(H2,24,26,27)(H3,25,30,31,35)/t7-,8-,9+,10+,13+,14+,15+,20+,22-/m0/s1. The number of aliphatic hydroxyl groups excluding tert-OH is 1. The first-order chi connectivity index (χ1) is 21.8. The van der Waals surface area contributed by atoms with E-state index >= 15 is 4.39 Å². The molecule has 2 saturated carbocycles. The minimum atomic E-state index is -5.09. The Morgan fingerprint density at radius 3 is 2.57 bits per heavy atom. The summed E-state index contributed by atoms with van der Waals surface area (Å²) < 4.78 is 72.1. The van der Waals surface area contributed by atoms with Crippen molar-refractivity contribution in [1.29, 1.82) is 0 Å². The number of aliphatic hydroxyl groups is 1. The summed E-state index contributed by atoms with van der Waals surface area (Å²) in [5, 5.41) is 11.3. The topological polar surface area (TPSA) is 300 Å². The molecule has 2 saturated heterocycles. The molecule has 21 nitrogen and oxygen atoms in total. The van der Waals surface area contributed by atoms with Gasteiger partial charge in [-0.25, -0.2) is 33.5 Å². The van der Waals surface area contributed by atoms with E-state index in [1.165, 1.54) is 17.2 Å². The van der Waals surface area contributed by atoms with Gasteiger partial charge < -0.3 is 35.7 Å². The first-order valence-electron chi connectivity index (χ1n) is 13.7. The highest BCUT2D eigenvalue weighted by molar-refractivity contribution is 7.47. The fourth-order valence-corrected chi connectivity index (χ4v) is 8.83. The van der Waals surface area contributed by atoms with Crippen LogP contribution in [0, 0.1) is 11.8 Å². The summed E-state index contributed by atoms with van der Waals surface area (Å²) in [6.45, 7) is -1.48. The van der Waals surface area contributed by atoms with Gasteiger partial charge in [-0.3, -0.25) is 32.4 Å². The molecule has 2 aliphatic heterocycles. The van der Waals surface area contributed by atoms with Gasteiger partial charge in [0.1, 0.15) is 30.2 Å². The van der Waals surface area contributed by atoms with Crippen LogP contribution in [0.2, 0.25) is 0 Å². The van der Waals surface area contributed by atoms with Crippen molar-refractivity contribution >= 4 is 49.7 Å². The van der Waals surface area contributed by atoms with Gasteiger partial charge in [0.05, 0.1) is 37.5 Å². The number of phosphoric ester groups is 2. The highest BCUT2D eigenvalue weighted by Crippen LogP contribution is 2.68. The first-order valence-corrected chi connectivity index (χ1v) is 16.7. The van der Waals surface area contributed by atoms with Gasteiger partial charge in [0.15, 0.2) is 35.0 Å². The number of halogens is 1. The van der Waals surface area contributed by atoms with Crippen LogP contribution < -0.4 is 17.0 Å². The second kappa shape index (κ2) is 10.0. The van der Waals surface area contributed by atoms with Crippen molar-refractivity contribution in [2.24, 2.45) is 11.8 Å². The Morgan fingerprint density at radius 1 is 1.02 bits per heavy atom. The average molecular weight is 686 g/mol. The highest BCUT2D eigenvalue weighted by atomic mass is 31.2. The molecular formula is C22H25FN10O11P2. The minimum absolute atomic E-state index is 0.00769. The molecule has 8 rings (SSSR count). The summed E-state index contributed by atoms with van der Waals surface area (Å²) in [4.78, 5) is 56.4. The van der Waals surface area contributed by atoms with Crippen molar-refractivity contribution in [1.82, 2.24) is 39.0 Å². The number of anilines is 2. The van der Waals surface area contributed by atoms with Crippen LogP contribution in [-0.2, 0) is 37.5 Å². The number of nitrogens with zero attached hydrogens (tertiary/aromatic N) is 7. The number of H-pyrrole nitrogens is 1. The van der Waals surface area contributed by atoms with Gasteiger partial charge in [0.25, 0.3) is 5.56 Å². The predicted octanol–water partition coefficient (Wildman–Crippen LogP) is -0.917. The fraction of sp³-hybridized carbons (Fsp3) is 0.545. The van der Waals surface area contributed by atoms with Crippen LogP contribution in [0.1, 0.15) is 12.6 Å². The molecule has 0 spiro atoms. The number of aromatic amines is 1. The molecule has 0 radical (unpaired) electrons. The number of rotatable bonds is 2. The monoisotopic (exact) mass is 686 g/mol. The lowest BCUT2D eigenvalue weighted by molar-refractivity contribution is -0.0539. The van der Waals surface area contributed by atoms with E-state index in [0.29, 0.717) is 0 Å². The molecule has 0 aromatic carbocycles. The lowest BCUT2D eigenvalue weighted by atomic mass is 10.0. The van der Waals surface area contributed by atoms with E-state index < -0.39 is 88.6 Å². The summed E-state index contributed by atoms with van der Waals surface area (Å²) in [5.74, 6) is -1.79. The van der Waals surface area contributed by atoms with Crippen LogP contribution in [0.4, 0.5) is 16.2 Å². The van der Waals surface area contributed by atoms with E-state index in [1.807, 2.05) is 0 Å². The molecular weight excluding hydrogens is 661 g/mol. The molecule has 4 aliphatic rings. The van der Waals surface area contributed by atoms with Crippen molar-refractivity contribution in [2.75, 3.05) is 24.7 Å². The number of imidazole rings is 2. The van der Waals surface area contributed by atoms with Crippen molar-refractivity contribution in [3.63, 3.8) is 0 Å². The zero-order valence-corrected chi connectivity index (χ0v) is 24.9. The van der Waals surface area contributed by atoms with E-state index in [-0.39, 0.29) is 40.5 Å². The van der Waals surface area contributed by atoms with E-state index in [0.717, 1.165) is 10.9 Å². The number of ether oxygens (including phenoxy) is 1. The first kappa shape index (κ1) is 29.9. The number of phosphoric acid groups is 2. The largest absolute Gasteiger partial charge is 0.472 e. The number of nitrogens with two attached hydrogens (primary N) is 2. The zero-order chi connectivity index (χ0) is 32.3. The predicted molar refractivity (Wildman–Crippen MR) is 148 cm³/mol. The van der Waals surface area contributed by atoms with Crippen LogP contribution >= 0.6 is 15.6 Å². The van der Waals surface area contributed by atoms with Crippen LogP contribution in [0.15, 0.2) is 23.8 Å². The molecule has 2 bridgehead atoms. The van der Waals surface area contributed by atoms with Gasteiger partial charge >= 0.3 is 15.6 Å². The zero-order valence-electron chi connectivity index (χ0n) is 23.1. The molecule has 4 aromatic heterocycles. The van der Waals surface area contributed by atoms with Crippen LogP contribution in [-0.4, -0.2) is 97.7 Å². The van der Waals surface area contributed by atoms with Crippen molar-refractivity contribution in [3.8, 4) is 0 Å². The Labute approximate surface area is 254 Å².